The molecule has 0 aromatic heterocycles. The Balaban J connectivity index is 1.95. The summed E-state index contributed by atoms with van der Waals surface area (Å²) in [5.74, 6) is 0.707. The first-order valence-electron chi connectivity index (χ1n) is 8.41. The molecule has 0 N–H and O–H groups in total. The van der Waals surface area contributed by atoms with Gasteiger partial charge >= 0.3 is 0 Å². The van der Waals surface area contributed by atoms with Crippen molar-refractivity contribution in [2.75, 3.05) is 7.05 Å². The molecule has 0 saturated heterocycles. The summed E-state index contributed by atoms with van der Waals surface area (Å²) in [6.45, 7) is 2.22. The van der Waals surface area contributed by atoms with Gasteiger partial charge in [-0.2, -0.15) is 0 Å². The maximum Gasteiger partial charge on any atom is 0.0566 e. The van der Waals surface area contributed by atoms with Crippen LogP contribution in [0.4, 0.5) is 4.48 Å². The van der Waals surface area contributed by atoms with Gasteiger partial charge in [0, 0.05) is 13.1 Å². The SMILES string of the molecule is CCCC(C1CCCCC1)N(C)N(F)C1CCCC1. The average Bonchev–Trinajstić information content (AvgIpc) is 2.98. The Morgan fingerprint density at radius 1 is 1.00 bits per heavy atom. The molecule has 0 heterocycles. The van der Waals surface area contributed by atoms with Gasteiger partial charge < -0.3 is 0 Å². The third-order valence-electron chi connectivity index (χ3n) is 5.19. The second-order valence-corrected chi connectivity index (χ2v) is 6.55. The van der Waals surface area contributed by atoms with E-state index in [1.807, 2.05) is 12.1 Å². The van der Waals surface area contributed by atoms with Crippen LogP contribution in [0.15, 0.2) is 0 Å². The zero-order valence-corrected chi connectivity index (χ0v) is 12.8. The van der Waals surface area contributed by atoms with E-state index in [4.69, 9.17) is 0 Å². The zero-order valence-electron chi connectivity index (χ0n) is 12.8. The average molecular weight is 270 g/mol. The molecule has 3 heteroatoms. The molecular weight excluding hydrogens is 239 g/mol. The van der Waals surface area contributed by atoms with Gasteiger partial charge in [0.1, 0.15) is 0 Å². The van der Waals surface area contributed by atoms with Crippen LogP contribution >= 0.6 is 0 Å². The van der Waals surface area contributed by atoms with Crippen LogP contribution in [0.2, 0.25) is 0 Å². The number of nitrogens with zero attached hydrogens (tertiary/aromatic N) is 2. The standard InChI is InChI=1S/C16H31FN2/c1-3-9-16(14-10-5-4-6-11-14)18(2)19(17)15-12-7-8-13-15/h14-16H,3-13H2,1-2H3. The second-order valence-electron chi connectivity index (χ2n) is 6.55. The Morgan fingerprint density at radius 3 is 2.16 bits per heavy atom. The second kappa shape index (κ2) is 7.58. The molecule has 2 saturated carbocycles. The quantitative estimate of drug-likeness (QED) is 0.509. The predicted molar refractivity (Wildman–Crippen MR) is 78.2 cm³/mol. The van der Waals surface area contributed by atoms with Gasteiger partial charge in [-0.25, -0.2) is 5.01 Å². The summed E-state index contributed by atoms with van der Waals surface area (Å²) in [6, 6.07) is 0.559. The Kier molecular flexibility index (Phi) is 6.08. The molecule has 112 valence electrons. The molecular formula is C16H31FN2. The van der Waals surface area contributed by atoms with Gasteiger partial charge in [-0.15, -0.1) is 4.48 Å². The number of hydrogen-bond donors (Lipinski definition) is 0. The summed E-state index contributed by atoms with van der Waals surface area (Å²) in [5, 5.41) is 3.04. The van der Waals surface area contributed by atoms with Crippen LogP contribution in [-0.4, -0.2) is 29.4 Å². The molecule has 0 aromatic carbocycles. The van der Waals surface area contributed by atoms with Crippen LogP contribution in [0.25, 0.3) is 0 Å². The lowest BCUT2D eigenvalue weighted by atomic mass is 9.82. The number of rotatable bonds is 6. The highest BCUT2D eigenvalue weighted by Crippen LogP contribution is 2.33. The molecule has 1 unspecified atom stereocenters. The largest absolute Gasteiger partial charge is 0.214 e. The fourth-order valence-electron chi connectivity index (χ4n) is 4.06. The minimum atomic E-state index is 0.146. The van der Waals surface area contributed by atoms with Crippen molar-refractivity contribution in [1.82, 2.24) is 10.2 Å². The molecule has 0 spiro atoms. The fraction of sp³-hybridized carbons (Fsp3) is 1.00. The predicted octanol–water partition coefficient (Wildman–Crippen LogP) is 4.71. The molecule has 2 fully saturated rings. The minimum absolute atomic E-state index is 0.146. The summed E-state index contributed by atoms with van der Waals surface area (Å²) in [7, 11) is 1.98. The molecule has 0 amide bonds. The van der Waals surface area contributed by atoms with Crippen molar-refractivity contribution in [2.45, 2.75) is 89.6 Å². The summed E-state index contributed by atoms with van der Waals surface area (Å²) < 4.78 is 14.6. The third kappa shape index (κ3) is 3.91. The van der Waals surface area contributed by atoms with Crippen LogP contribution in [0.5, 0.6) is 0 Å². The lowest BCUT2D eigenvalue weighted by molar-refractivity contribution is -0.215. The van der Waals surface area contributed by atoms with Crippen molar-refractivity contribution >= 4 is 0 Å². The maximum atomic E-state index is 14.6. The molecule has 0 aliphatic heterocycles. The summed E-state index contributed by atoms with van der Waals surface area (Å²) in [5.41, 5.74) is 0. The smallest absolute Gasteiger partial charge is 0.0566 e. The Hall–Kier alpha value is -0.150. The molecule has 2 aliphatic carbocycles. The summed E-state index contributed by atoms with van der Waals surface area (Å²) in [4.78, 5) is 0. The number of hydrazine groups is 1. The molecule has 2 aliphatic rings. The first-order valence-corrected chi connectivity index (χ1v) is 8.41. The Labute approximate surface area is 118 Å². The van der Waals surface area contributed by atoms with Crippen molar-refractivity contribution in [3.8, 4) is 0 Å². The Bertz CT molecular complexity index is 247. The van der Waals surface area contributed by atoms with Crippen LogP contribution in [0, 0.1) is 5.92 Å². The summed E-state index contributed by atoms with van der Waals surface area (Å²) >= 11 is 0. The van der Waals surface area contributed by atoms with E-state index in [-0.39, 0.29) is 6.04 Å². The highest BCUT2D eigenvalue weighted by Gasteiger charge is 2.33. The lowest BCUT2D eigenvalue weighted by Gasteiger charge is -2.40. The van der Waals surface area contributed by atoms with Crippen LogP contribution in [0.3, 0.4) is 0 Å². The normalized spacial score (nSPS) is 24.5. The maximum absolute atomic E-state index is 14.6. The Morgan fingerprint density at radius 2 is 1.58 bits per heavy atom. The molecule has 2 rings (SSSR count). The molecule has 0 aromatic rings. The van der Waals surface area contributed by atoms with E-state index in [1.54, 1.807) is 0 Å². The first-order chi connectivity index (χ1) is 9.24. The molecule has 2 nitrogen and oxygen atoms in total. The highest BCUT2D eigenvalue weighted by atomic mass is 19.2. The molecule has 19 heavy (non-hydrogen) atoms. The van der Waals surface area contributed by atoms with Crippen molar-refractivity contribution in [2.24, 2.45) is 5.92 Å². The monoisotopic (exact) mass is 270 g/mol. The van der Waals surface area contributed by atoms with Crippen molar-refractivity contribution in [1.29, 1.82) is 0 Å². The minimum Gasteiger partial charge on any atom is -0.214 e. The zero-order chi connectivity index (χ0) is 13.7. The molecule has 0 bridgehead atoms. The van der Waals surface area contributed by atoms with Crippen molar-refractivity contribution < 1.29 is 4.48 Å². The number of hydrogen-bond acceptors (Lipinski definition) is 2. The van der Waals surface area contributed by atoms with Gasteiger partial charge in [0.2, 0.25) is 0 Å². The van der Waals surface area contributed by atoms with Gasteiger partial charge in [0.15, 0.2) is 0 Å². The topological polar surface area (TPSA) is 6.48 Å². The van der Waals surface area contributed by atoms with Crippen LogP contribution in [-0.2, 0) is 0 Å². The van der Waals surface area contributed by atoms with Crippen LogP contribution < -0.4 is 0 Å². The number of halogens is 1. The van der Waals surface area contributed by atoms with Gasteiger partial charge in [-0.1, -0.05) is 50.7 Å². The van der Waals surface area contributed by atoms with E-state index in [2.05, 4.69) is 6.92 Å². The van der Waals surface area contributed by atoms with Gasteiger partial charge in [0.25, 0.3) is 0 Å². The van der Waals surface area contributed by atoms with E-state index in [9.17, 15) is 4.48 Å². The van der Waals surface area contributed by atoms with E-state index >= 15 is 0 Å². The van der Waals surface area contributed by atoms with Gasteiger partial charge in [0.05, 0.1) is 6.04 Å². The van der Waals surface area contributed by atoms with E-state index in [0.29, 0.717) is 12.0 Å². The summed E-state index contributed by atoms with van der Waals surface area (Å²) in [6.07, 6.45) is 13.4. The first kappa shape index (κ1) is 15.2. The lowest BCUT2D eigenvalue weighted by Crippen LogP contribution is -2.49. The van der Waals surface area contributed by atoms with E-state index < -0.39 is 0 Å². The van der Waals surface area contributed by atoms with E-state index in [1.165, 1.54) is 44.9 Å². The third-order valence-corrected chi connectivity index (χ3v) is 5.19. The van der Waals surface area contributed by atoms with E-state index in [0.717, 1.165) is 30.9 Å². The highest BCUT2D eigenvalue weighted by molar-refractivity contribution is 4.81. The molecule has 1 atom stereocenters. The van der Waals surface area contributed by atoms with Crippen molar-refractivity contribution in [3.05, 3.63) is 0 Å². The fourth-order valence-corrected chi connectivity index (χ4v) is 4.06. The van der Waals surface area contributed by atoms with Crippen LogP contribution in [0.1, 0.15) is 77.6 Å². The van der Waals surface area contributed by atoms with Crippen molar-refractivity contribution in [3.63, 3.8) is 0 Å². The molecule has 0 radical (unpaired) electrons. The van der Waals surface area contributed by atoms with Gasteiger partial charge in [-0.3, -0.25) is 0 Å². The van der Waals surface area contributed by atoms with Gasteiger partial charge in [-0.05, 0) is 38.0 Å².